The predicted octanol–water partition coefficient (Wildman–Crippen LogP) is 6.73. The van der Waals surface area contributed by atoms with Crippen LogP contribution in [0.1, 0.15) is 29.2 Å². The second-order valence-electron chi connectivity index (χ2n) is 8.61. The molecule has 5 nitrogen and oxygen atoms in total. The Morgan fingerprint density at radius 1 is 0.919 bits per heavy atom. The smallest absolute Gasteiger partial charge is 0.266 e. The fraction of sp³-hybridized carbons (Fsp3) is 0.0645. The highest BCUT2D eigenvalue weighted by Gasteiger charge is 2.29. The lowest BCUT2D eigenvalue weighted by Crippen LogP contribution is -2.18. The average molecular weight is 487 g/mol. The van der Waals surface area contributed by atoms with Crippen molar-refractivity contribution in [3.63, 3.8) is 0 Å². The number of nitrogens with one attached hydrogen (secondary N) is 1. The summed E-state index contributed by atoms with van der Waals surface area (Å²) in [5.74, 6) is -0.958. The maximum absolute atomic E-state index is 13.1. The maximum atomic E-state index is 13.1. The largest absolute Gasteiger partial charge is 0.321 e. The maximum Gasteiger partial charge on any atom is 0.266 e. The number of anilines is 2. The number of hydrazone groups is 1. The molecule has 6 heteroatoms. The molecule has 0 aromatic heterocycles. The van der Waals surface area contributed by atoms with Crippen molar-refractivity contribution in [2.45, 2.75) is 12.5 Å². The van der Waals surface area contributed by atoms with Gasteiger partial charge in [0.15, 0.2) is 0 Å². The van der Waals surface area contributed by atoms with Crippen LogP contribution in [0, 0.1) is 17.1 Å². The van der Waals surface area contributed by atoms with E-state index in [-0.39, 0.29) is 11.6 Å². The van der Waals surface area contributed by atoms with Crippen molar-refractivity contribution in [3.8, 4) is 6.07 Å². The summed E-state index contributed by atoms with van der Waals surface area (Å²) in [6.45, 7) is 0. The molecule has 0 radical (unpaired) electrons. The van der Waals surface area contributed by atoms with Crippen LogP contribution in [0.15, 0.2) is 120 Å². The highest BCUT2D eigenvalue weighted by Crippen LogP contribution is 2.36. The van der Waals surface area contributed by atoms with Gasteiger partial charge in [-0.05, 0) is 59.2 Å². The van der Waals surface area contributed by atoms with Gasteiger partial charge in [-0.25, -0.2) is 4.39 Å². The van der Waals surface area contributed by atoms with Crippen LogP contribution in [0.25, 0.3) is 6.08 Å². The van der Waals surface area contributed by atoms with Crippen LogP contribution in [-0.4, -0.2) is 11.6 Å². The summed E-state index contributed by atoms with van der Waals surface area (Å²) in [5, 5.41) is 19.1. The van der Waals surface area contributed by atoms with Crippen molar-refractivity contribution in [1.82, 2.24) is 0 Å². The first-order valence-electron chi connectivity index (χ1n) is 11.9. The zero-order valence-corrected chi connectivity index (χ0v) is 19.9. The molecule has 0 saturated carbocycles. The van der Waals surface area contributed by atoms with Crippen LogP contribution in [0.4, 0.5) is 15.8 Å². The molecule has 0 bridgehead atoms. The number of nitrogens with zero attached hydrogens (tertiary/aromatic N) is 3. The van der Waals surface area contributed by atoms with E-state index < -0.39 is 11.7 Å². The van der Waals surface area contributed by atoms with Crippen molar-refractivity contribution >= 4 is 29.1 Å². The van der Waals surface area contributed by atoms with Crippen molar-refractivity contribution in [1.29, 1.82) is 5.26 Å². The van der Waals surface area contributed by atoms with E-state index in [1.165, 1.54) is 35.9 Å². The van der Waals surface area contributed by atoms with Gasteiger partial charge in [0.1, 0.15) is 17.5 Å². The normalized spacial score (nSPS) is 15.1. The van der Waals surface area contributed by atoms with Crippen LogP contribution in [0.3, 0.4) is 0 Å². The zero-order chi connectivity index (χ0) is 25.6. The quantitative estimate of drug-likeness (QED) is 0.243. The number of carbonyl (C=O) groups is 1. The lowest BCUT2D eigenvalue weighted by molar-refractivity contribution is -0.112. The Hall–Kier alpha value is -5.02. The number of amides is 1. The van der Waals surface area contributed by atoms with Crippen molar-refractivity contribution < 1.29 is 9.18 Å². The second-order valence-corrected chi connectivity index (χ2v) is 8.61. The Morgan fingerprint density at radius 3 is 2.22 bits per heavy atom. The first-order valence-corrected chi connectivity index (χ1v) is 11.9. The number of nitriles is 1. The molecule has 1 N–H and O–H groups in total. The molecule has 180 valence electrons. The molecule has 1 amide bonds. The van der Waals surface area contributed by atoms with Gasteiger partial charge in [-0.3, -0.25) is 9.80 Å². The van der Waals surface area contributed by atoms with Crippen LogP contribution in [0.2, 0.25) is 0 Å². The number of rotatable bonds is 6. The Morgan fingerprint density at radius 2 is 1.57 bits per heavy atom. The number of halogens is 1. The summed E-state index contributed by atoms with van der Waals surface area (Å²) in [6.07, 6.45) is 2.30. The topological polar surface area (TPSA) is 68.5 Å². The predicted molar refractivity (Wildman–Crippen MR) is 144 cm³/mol. The van der Waals surface area contributed by atoms with E-state index in [0.29, 0.717) is 11.3 Å². The summed E-state index contributed by atoms with van der Waals surface area (Å²) in [6, 6.07) is 35.4. The van der Waals surface area contributed by atoms with Crippen molar-refractivity contribution in [2.24, 2.45) is 5.10 Å². The molecule has 1 aliphatic rings. The lowest BCUT2D eigenvalue weighted by Gasteiger charge is -2.24. The minimum Gasteiger partial charge on any atom is -0.321 e. The van der Waals surface area contributed by atoms with Gasteiger partial charge in [0, 0.05) is 12.1 Å². The third-order valence-electron chi connectivity index (χ3n) is 6.14. The van der Waals surface area contributed by atoms with E-state index in [9.17, 15) is 14.4 Å². The van der Waals surface area contributed by atoms with E-state index in [0.717, 1.165) is 23.4 Å². The SMILES string of the molecule is N#C/C(=C\c1ccc(N2N=C(c3ccccc3)CC2c2ccccc2)cc1)C(=O)Nc1ccc(F)cc1. The van der Waals surface area contributed by atoms with Crippen molar-refractivity contribution in [2.75, 3.05) is 10.3 Å². The molecule has 1 aliphatic heterocycles. The molecule has 0 spiro atoms. The van der Waals surface area contributed by atoms with Crippen LogP contribution >= 0.6 is 0 Å². The van der Waals surface area contributed by atoms with E-state index in [4.69, 9.17) is 5.10 Å². The molecule has 1 unspecified atom stereocenters. The molecule has 1 heterocycles. The first-order chi connectivity index (χ1) is 18.1. The molecule has 37 heavy (non-hydrogen) atoms. The molecule has 0 saturated heterocycles. The highest BCUT2D eigenvalue weighted by molar-refractivity contribution is 6.09. The van der Waals surface area contributed by atoms with Gasteiger partial charge in [-0.2, -0.15) is 10.4 Å². The molecule has 1 atom stereocenters. The molecule has 5 rings (SSSR count). The van der Waals surface area contributed by atoms with Gasteiger partial charge < -0.3 is 5.32 Å². The van der Waals surface area contributed by atoms with Crippen LogP contribution in [0.5, 0.6) is 0 Å². The van der Waals surface area contributed by atoms with E-state index >= 15 is 0 Å². The standard InChI is InChI=1S/C31H23FN4O/c32-26-13-15-27(16-14-26)34-31(37)25(21-33)19-22-11-17-28(18-12-22)36-30(24-9-5-2-6-10-24)20-29(35-36)23-7-3-1-4-8-23/h1-19,30H,20H2,(H,34,37)/b25-19+. The zero-order valence-electron chi connectivity index (χ0n) is 19.9. The average Bonchev–Trinajstić information content (AvgIpc) is 3.40. The minimum atomic E-state index is -0.557. The highest BCUT2D eigenvalue weighted by atomic mass is 19.1. The molecular formula is C31H23FN4O. The molecule has 4 aromatic rings. The van der Waals surface area contributed by atoms with Gasteiger partial charge in [-0.15, -0.1) is 0 Å². The monoisotopic (exact) mass is 486 g/mol. The van der Waals surface area contributed by atoms with Crippen LogP contribution in [-0.2, 0) is 4.79 Å². The number of carbonyl (C=O) groups excluding carboxylic acids is 1. The fourth-order valence-corrected chi connectivity index (χ4v) is 4.26. The molecule has 0 fully saturated rings. The number of hydrogen-bond acceptors (Lipinski definition) is 4. The summed E-state index contributed by atoms with van der Waals surface area (Å²) < 4.78 is 13.1. The van der Waals surface area contributed by atoms with Gasteiger partial charge >= 0.3 is 0 Å². The van der Waals surface area contributed by atoms with Crippen molar-refractivity contribution in [3.05, 3.63) is 137 Å². The van der Waals surface area contributed by atoms with Gasteiger partial charge in [0.25, 0.3) is 5.91 Å². The van der Waals surface area contributed by atoms with Gasteiger partial charge in [-0.1, -0.05) is 72.8 Å². The van der Waals surface area contributed by atoms with E-state index in [2.05, 4.69) is 29.6 Å². The second kappa shape index (κ2) is 10.7. The summed E-state index contributed by atoms with van der Waals surface area (Å²) in [7, 11) is 0. The third kappa shape index (κ3) is 5.47. The third-order valence-corrected chi connectivity index (χ3v) is 6.14. The minimum absolute atomic E-state index is 0.0500. The molecule has 4 aromatic carbocycles. The van der Waals surface area contributed by atoms with Crippen LogP contribution < -0.4 is 10.3 Å². The lowest BCUT2D eigenvalue weighted by atomic mass is 9.98. The van der Waals surface area contributed by atoms with Gasteiger partial charge in [0.05, 0.1) is 17.4 Å². The molecule has 0 aliphatic carbocycles. The summed E-state index contributed by atoms with van der Waals surface area (Å²) in [4.78, 5) is 12.6. The Balaban J connectivity index is 1.39. The first kappa shape index (κ1) is 23.7. The summed E-state index contributed by atoms with van der Waals surface area (Å²) >= 11 is 0. The van der Waals surface area contributed by atoms with Gasteiger partial charge in [0.2, 0.25) is 0 Å². The van der Waals surface area contributed by atoms with E-state index in [1.54, 1.807) is 0 Å². The molecular weight excluding hydrogens is 463 g/mol. The Kier molecular flexibility index (Phi) is 6.87. The summed E-state index contributed by atoms with van der Waals surface area (Å²) in [5.41, 5.74) is 5.26. The number of benzene rings is 4. The Labute approximate surface area is 214 Å². The van der Waals surface area contributed by atoms with E-state index in [1.807, 2.05) is 71.7 Å². The number of hydrogen-bond donors (Lipinski definition) is 1. The fourth-order valence-electron chi connectivity index (χ4n) is 4.26. The Bertz CT molecular complexity index is 1490.